The number of aromatic nitrogens is 3. The monoisotopic (exact) mass is 356 g/mol. The van der Waals surface area contributed by atoms with Gasteiger partial charge in [-0.15, -0.1) is 10.2 Å². The van der Waals surface area contributed by atoms with E-state index in [4.69, 9.17) is 14.2 Å². The fraction of sp³-hybridized carbons (Fsp3) is 0.278. The maximum Gasteiger partial charge on any atom is 0.252 e. The van der Waals surface area contributed by atoms with Gasteiger partial charge in [-0.2, -0.15) is 0 Å². The van der Waals surface area contributed by atoms with Gasteiger partial charge in [-0.25, -0.2) is 0 Å². The number of ether oxygens (including phenoxy) is 3. The zero-order chi connectivity index (χ0) is 18.7. The lowest BCUT2D eigenvalue weighted by atomic mass is 10.1. The molecule has 0 spiro atoms. The van der Waals surface area contributed by atoms with Crippen molar-refractivity contribution in [1.29, 1.82) is 0 Å². The van der Waals surface area contributed by atoms with E-state index in [1.165, 1.54) is 21.3 Å². The number of amides is 1. The summed E-state index contributed by atoms with van der Waals surface area (Å²) in [5, 5.41) is 11.2. The first kappa shape index (κ1) is 17.5. The van der Waals surface area contributed by atoms with Crippen LogP contribution in [0.2, 0.25) is 0 Å². The molecule has 1 unspecified atom stereocenters. The van der Waals surface area contributed by atoms with E-state index in [2.05, 4.69) is 15.5 Å². The number of fused-ring (bicyclic) bond motifs is 1. The largest absolute Gasteiger partial charge is 0.493 e. The molecule has 3 rings (SSSR count). The minimum absolute atomic E-state index is 0.288. The lowest BCUT2D eigenvalue weighted by Gasteiger charge is -2.16. The molecule has 1 amide bonds. The molecule has 3 aromatic rings. The van der Waals surface area contributed by atoms with Crippen molar-refractivity contribution in [3.63, 3.8) is 0 Å². The van der Waals surface area contributed by atoms with Crippen molar-refractivity contribution in [2.24, 2.45) is 0 Å². The van der Waals surface area contributed by atoms with Crippen molar-refractivity contribution in [3.8, 4) is 17.2 Å². The van der Waals surface area contributed by atoms with Crippen molar-refractivity contribution in [2.75, 3.05) is 21.3 Å². The number of benzene rings is 1. The molecular weight excluding hydrogens is 336 g/mol. The van der Waals surface area contributed by atoms with E-state index in [1.54, 1.807) is 12.1 Å². The normalized spacial score (nSPS) is 11.8. The second-order valence-corrected chi connectivity index (χ2v) is 5.60. The average molecular weight is 356 g/mol. The van der Waals surface area contributed by atoms with Crippen LogP contribution in [0.5, 0.6) is 17.2 Å². The molecule has 1 atom stereocenters. The number of nitrogens with zero attached hydrogens (tertiary/aromatic N) is 3. The van der Waals surface area contributed by atoms with Crippen LogP contribution in [0, 0.1) is 0 Å². The lowest BCUT2D eigenvalue weighted by Crippen LogP contribution is -2.28. The van der Waals surface area contributed by atoms with Gasteiger partial charge in [0.25, 0.3) is 5.91 Å². The fourth-order valence-corrected chi connectivity index (χ4v) is 2.71. The molecule has 0 aliphatic heterocycles. The van der Waals surface area contributed by atoms with E-state index in [9.17, 15) is 4.79 Å². The average Bonchev–Trinajstić information content (AvgIpc) is 3.10. The highest BCUT2D eigenvalue weighted by atomic mass is 16.5. The van der Waals surface area contributed by atoms with Crippen LogP contribution >= 0.6 is 0 Å². The molecule has 136 valence electrons. The predicted molar refractivity (Wildman–Crippen MR) is 95.0 cm³/mol. The SMILES string of the molecule is COc1cc(C(=O)NC(C)c2nnc3ccccn23)cc(OC)c1OC. The number of hydrogen-bond donors (Lipinski definition) is 1. The van der Waals surface area contributed by atoms with Gasteiger partial charge in [0.2, 0.25) is 5.75 Å². The quantitative estimate of drug-likeness (QED) is 0.729. The predicted octanol–water partition coefficient (Wildman–Crippen LogP) is 2.25. The summed E-state index contributed by atoms with van der Waals surface area (Å²) in [6, 6.07) is 8.47. The Morgan fingerprint density at radius 1 is 1.08 bits per heavy atom. The molecular formula is C18H20N4O4. The Kier molecular flexibility index (Phi) is 4.92. The third kappa shape index (κ3) is 3.13. The molecule has 1 N–H and O–H groups in total. The Bertz CT molecular complexity index is 913. The highest BCUT2D eigenvalue weighted by Crippen LogP contribution is 2.38. The second-order valence-electron chi connectivity index (χ2n) is 5.60. The molecule has 8 nitrogen and oxygen atoms in total. The van der Waals surface area contributed by atoms with Crippen molar-refractivity contribution in [3.05, 3.63) is 47.9 Å². The van der Waals surface area contributed by atoms with Crippen LogP contribution in [0.25, 0.3) is 5.65 Å². The van der Waals surface area contributed by atoms with E-state index < -0.39 is 0 Å². The summed E-state index contributed by atoms with van der Waals surface area (Å²) in [6.07, 6.45) is 1.85. The van der Waals surface area contributed by atoms with E-state index in [0.717, 1.165) is 5.65 Å². The number of methoxy groups -OCH3 is 3. The van der Waals surface area contributed by atoms with Gasteiger partial charge in [-0.3, -0.25) is 9.20 Å². The molecule has 0 saturated carbocycles. The minimum atomic E-state index is -0.348. The number of pyridine rings is 1. The fourth-order valence-electron chi connectivity index (χ4n) is 2.71. The van der Waals surface area contributed by atoms with Crippen LogP contribution in [0.4, 0.5) is 0 Å². The summed E-state index contributed by atoms with van der Waals surface area (Å²) < 4.78 is 17.7. The molecule has 0 aliphatic rings. The molecule has 0 aliphatic carbocycles. The maximum atomic E-state index is 12.7. The van der Waals surface area contributed by atoms with Crippen molar-refractivity contribution in [2.45, 2.75) is 13.0 Å². The molecule has 26 heavy (non-hydrogen) atoms. The first-order valence-electron chi connectivity index (χ1n) is 7.99. The molecule has 8 heteroatoms. The highest BCUT2D eigenvalue weighted by molar-refractivity contribution is 5.95. The number of carbonyl (C=O) groups is 1. The summed E-state index contributed by atoms with van der Waals surface area (Å²) in [6.45, 7) is 1.85. The zero-order valence-electron chi connectivity index (χ0n) is 15.0. The van der Waals surface area contributed by atoms with Crippen molar-refractivity contribution in [1.82, 2.24) is 19.9 Å². The summed E-state index contributed by atoms with van der Waals surface area (Å²) >= 11 is 0. The number of hydrogen-bond acceptors (Lipinski definition) is 6. The Hall–Kier alpha value is -3.29. The number of nitrogens with one attached hydrogen (secondary N) is 1. The smallest absolute Gasteiger partial charge is 0.252 e. The molecule has 0 saturated heterocycles. The summed E-state index contributed by atoms with van der Waals surface area (Å²) in [7, 11) is 4.52. The van der Waals surface area contributed by atoms with Crippen LogP contribution in [0.15, 0.2) is 36.5 Å². The van der Waals surface area contributed by atoms with Crippen LogP contribution in [0.1, 0.15) is 29.1 Å². The molecule has 0 bridgehead atoms. The van der Waals surface area contributed by atoms with Gasteiger partial charge in [0, 0.05) is 11.8 Å². The Morgan fingerprint density at radius 2 is 1.77 bits per heavy atom. The van der Waals surface area contributed by atoms with Gasteiger partial charge in [-0.1, -0.05) is 6.07 Å². The Morgan fingerprint density at radius 3 is 2.38 bits per heavy atom. The molecule has 1 aromatic carbocycles. The van der Waals surface area contributed by atoms with Gasteiger partial charge in [0.15, 0.2) is 23.0 Å². The third-order valence-electron chi connectivity index (χ3n) is 4.00. The van der Waals surface area contributed by atoms with Gasteiger partial charge in [0.05, 0.1) is 27.4 Å². The standard InChI is InChI=1S/C18H20N4O4/c1-11(17-21-20-15-7-5-6-8-22(15)17)19-18(23)12-9-13(24-2)16(26-4)14(10-12)25-3/h5-11H,1-4H3,(H,19,23). The van der Waals surface area contributed by atoms with Crippen LogP contribution < -0.4 is 19.5 Å². The van der Waals surface area contributed by atoms with Crippen LogP contribution in [0.3, 0.4) is 0 Å². The molecule has 2 aromatic heterocycles. The topological polar surface area (TPSA) is 87.0 Å². The highest BCUT2D eigenvalue weighted by Gasteiger charge is 2.20. The summed E-state index contributed by atoms with van der Waals surface area (Å²) in [4.78, 5) is 12.7. The maximum absolute atomic E-state index is 12.7. The van der Waals surface area contributed by atoms with E-state index >= 15 is 0 Å². The molecule has 0 fully saturated rings. The van der Waals surface area contributed by atoms with E-state index in [-0.39, 0.29) is 11.9 Å². The second kappa shape index (κ2) is 7.30. The van der Waals surface area contributed by atoms with E-state index in [1.807, 2.05) is 35.7 Å². The van der Waals surface area contributed by atoms with Gasteiger partial charge in [0.1, 0.15) is 0 Å². The van der Waals surface area contributed by atoms with Crippen molar-refractivity contribution < 1.29 is 19.0 Å². The number of carbonyl (C=O) groups excluding carboxylic acids is 1. The molecule has 0 radical (unpaired) electrons. The third-order valence-corrected chi connectivity index (χ3v) is 4.00. The summed E-state index contributed by atoms with van der Waals surface area (Å²) in [5.74, 6) is 1.61. The Labute approximate surface area is 150 Å². The first-order valence-corrected chi connectivity index (χ1v) is 7.99. The van der Waals surface area contributed by atoms with Crippen molar-refractivity contribution >= 4 is 11.6 Å². The summed E-state index contributed by atoms with van der Waals surface area (Å²) in [5.41, 5.74) is 1.11. The van der Waals surface area contributed by atoms with E-state index in [0.29, 0.717) is 28.6 Å². The van der Waals surface area contributed by atoms with Crippen LogP contribution in [-0.2, 0) is 0 Å². The first-order chi connectivity index (χ1) is 12.6. The van der Waals surface area contributed by atoms with Crippen LogP contribution in [-0.4, -0.2) is 41.8 Å². The zero-order valence-corrected chi connectivity index (χ0v) is 15.0. The van der Waals surface area contributed by atoms with Gasteiger partial charge >= 0.3 is 0 Å². The minimum Gasteiger partial charge on any atom is -0.493 e. The molecule has 2 heterocycles. The lowest BCUT2D eigenvalue weighted by molar-refractivity contribution is 0.0937. The number of rotatable bonds is 6. The Balaban J connectivity index is 1.88. The van der Waals surface area contributed by atoms with Gasteiger partial charge in [-0.05, 0) is 31.2 Å². The van der Waals surface area contributed by atoms with Gasteiger partial charge < -0.3 is 19.5 Å².